The molecule has 6 nitrogen and oxygen atoms in total. The number of para-hydroxylation sites is 1. The lowest BCUT2D eigenvalue weighted by molar-refractivity contribution is 0.0995. The standard InChI is InChI=1S/C28H27N3O3S/c1-17-13-18(2)24(19(3)14-17)16-25(32)26-20(4)29-28(35-26)31-27(33)30-21-9-8-12-23(15-21)34-22-10-6-5-7-11-22/h5-15H,16H2,1-4H3,(H2,29,30,31,33). The Kier molecular flexibility index (Phi) is 7.27. The Morgan fingerprint density at radius 1 is 0.857 bits per heavy atom. The number of nitrogens with zero attached hydrogens (tertiary/aromatic N) is 1. The molecule has 0 unspecified atom stereocenters. The van der Waals surface area contributed by atoms with Gasteiger partial charge in [0.1, 0.15) is 11.5 Å². The molecule has 2 amide bonds. The van der Waals surface area contributed by atoms with E-state index >= 15 is 0 Å². The summed E-state index contributed by atoms with van der Waals surface area (Å²) in [4.78, 5) is 30.5. The number of benzene rings is 3. The lowest BCUT2D eigenvalue weighted by atomic mass is 9.95. The number of nitrogens with one attached hydrogen (secondary N) is 2. The highest BCUT2D eigenvalue weighted by molar-refractivity contribution is 7.17. The number of aromatic nitrogens is 1. The number of ketones is 1. The highest BCUT2D eigenvalue weighted by atomic mass is 32.1. The average molecular weight is 486 g/mol. The summed E-state index contributed by atoms with van der Waals surface area (Å²) < 4.78 is 5.82. The molecule has 1 heterocycles. The molecule has 3 aromatic carbocycles. The van der Waals surface area contributed by atoms with Crippen molar-refractivity contribution in [1.29, 1.82) is 0 Å². The fourth-order valence-electron chi connectivity index (χ4n) is 3.96. The minimum Gasteiger partial charge on any atom is -0.457 e. The molecule has 7 heteroatoms. The normalized spacial score (nSPS) is 10.6. The number of Topliss-reactive ketones (excluding diaryl/α,β-unsaturated/α-hetero) is 1. The maximum absolute atomic E-state index is 13.0. The van der Waals surface area contributed by atoms with Gasteiger partial charge < -0.3 is 10.1 Å². The first-order chi connectivity index (χ1) is 16.8. The van der Waals surface area contributed by atoms with Crippen LogP contribution in [-0.4, -0.2) is 16.8 Å². The SMILES string of the molecule is Cc1cc(C)c(CC(=O)c2sc(NC(=O)Nc3cccc(Oc4ccccc4)c3)nc2C)c(C)c1. The van der Waals surface area contributed by atoms with Crippen LogP contribution in [0.3, 0.4) is 0 Å². The van der Waals surface area contributed by atoms with Crippen molar-refractivity contribution < 1.29 is 14.3 Å². The number of thiazole rings is 1. The van der Waals surface area contributed by atoms with Crippen LogP contribution < -0.4 is 15.4 Å². The third-order valence-corrected chi connectivity index (χ3v) is 6.63. The van der Waals surface area contributed by atoms with Crippen LogP contribution >= 0.6 is 11.3 Å². The van der Waals surface area contributed by atoms with Crippen LogP contribution in [0, 0.1) is 27.7 Å². The molecule has 0 aliphatic carbocycles. The fraction of sp³-hybridized carbons (Fsp3) is 0.179. The predicted molar refractivity (Wildman–Crippen MR) is 141 cm³/mol. The molecule has 1 aromatic heterocycles. The molecule has 178 valence electrons. The first-order valence-corrected chi connectivity index (χ1v) is 12.1. The molecule has 4 rings (SSSR count). The Balaban J connectivity index is 1.40. The molecule has 0 fully saturated rings. The van der Waals surface area contributed by atoms with Crippen molar-refractivity contribution in [1.82, 2.24) is 4.98 Å². The summed E-state index contributed by atoms with van der Waals surface area (Å²) in [7, 11) is 0. The second-order valence-corrected chi connectivity index (χ2v) is 9.43. The number of hydrogen-bond acceptors (Lipinski definition) is 5. The molecule has 0 aliphatic rings. The van der Waals surface area contributed by atoms with Crippen molar-refractivity contribution in [2.45, 2.75) is 34.1 Å². The van der Waals surface area contributed by atoms with E-state index in [1.807, 2.05) is 50.2 Å². The number of rotatable bonds is 7. The Morgan fingerprint density at radius 3 is 2.26 bits per heavy atom. The van der Waals surface area contributed by atoms with Gasteiger partial charge in [-0.1, -0.05) is 53.3 Å². The first-order valence-electron chi connectivity index (χ1n) is 11.3. The van der Waals surface area contributed by atoms with E-state index in [1.54, 1.807) is 25.1 Å². The number of urea groups is 1. The highest BCUT2D eigenvalue weighted by Gasteiger charge is 2.19. The van der Waals surface area contributed by atoms with Crippen LogP contribution in [0.2, 0.25) is 0 Å². The molecule has 35 heavy (non-hydrogen) atoms. The van der Waals surface area contributed by atoms with E-state index in [9.17, 15) is 9.59 Å². The van der Waals surface area contributed by atoms with Gasteiger partial charge in [-0.25, -0.2) is 9.78 Å². The summed E-state index contributed by atoms with van der Waals surface area (Å²) in [5, 5.41) is 5.89. The van der Waals surface area contributed by atoms with Gasteiger partial charge in [-0.05, 0) is 68.7 Å². The van der Waals surface area contributed by atoms with Gasteiger partial charge in [0, 0.05) is 18.2 Å². The van der Waals surface area contributed by atoms with Gasteiger partial charge >= 0.3 is 6.03 Å². The number of aryl methyl sites for hydroxylation is 4. The van der Waals surface area contributed by atoms with Crippen LogP contribution in [0.25, 0.3) is 0 Å². The van der Waals surface area contributed by atoms with Gasteiger partial charge in [0.05, 0.1) is 10.6 Å². The molecule has 0 bridgehead atoms. The molecule has 0 radical (unpaired) electrons. The monoisotopic (exact) mass is 485 g/mol. The average Bonchev–Trinajstić information content (AvgIpc) is 3.16. The fourth-order valence-corrected chi connectivity index (χ4v) is 4.86. The number of ether oxygens (including phenoxy) is 1. The zero-order valence-electron chi connectivity index (χ0n) is 20.1. The lowest BCUT2D eigenvalue weighted by Crippen LogP contribution is -2.19. The number of amides is 2. The van der Waals surface area contributed by atoms with Gasteiger partial charge in [-0.15, -0.1) is 0 Å². The van der Waals surface area contributed by atoms with Crippen LogP contribution in [0.4, 0.5) is 15.6 Å². The van der Waals surface area contributed by atoms with Crippen molar-refractivity contribution >= 4 is 34.0 Å². The van der Waals surface area contributed by atoms with E-state index in [1.165, 1.54) is 16.9 Å². The molecule has 0 atom stereocenters. The van der Waals surface area contributed by atoms with Crippen molar-refractivity contribution in [2.24, 2.45) is 0 Å². The topological polar surface area (TPSA) is 80.3 Å². The van der Waals surface area contributed by atoms with Gasteiger partial charge in [-0.2, -0.15) is 0 Å². The highest BCUT2D eigenvalue weighted by Crippen LogP contribution is 2.27. The van der Waals surface area contributed by atoms with E-state index in [2.05, 4.69) is 34.7 Å². The molecule has 0 aliphatic heterocycles. The lowest BCUT2D eigenvalue weighted by Gasteiger charge is -2.10. The smallest absolute Gasteiger partial charge is 0.325 e. The van der Waals surface area contributed by atoms with Crippen LogP contribution in [0.5, 0.6) is 11.5 Å². The second-order valence-electron chi connectivity index (χ2n) is 8.43. The zero-order valence-corrected chi connectivity index (χ0v) is 21.0. The summed E-state index contributed by atoms with van der Waals surface area (Å²) >= 11 is 1.19. The zero-order chi connectivity index (χ0) is 24.9. The number of anilines is 2. The number of carbonyl (C=O) groups excluding carboxylic acids is 2. The van der Waals surface area contributed by atoms with E-state index in [0.717, 1.165) is 16.7 Å². The Labute approximate surface area is 209 Å². The third kappa shape index (κ3) is 6.13. The Hall–Kier alpha value is -3.97. The molecular formula is C28H27N3O3S. The quantitative estimate of drug-likeness (QED) is 0.270. The van der Waals surface area contributed by atoms with Crippen LogP contribution in [0.15, 0.2) is 66.7 Å². The van der Waals surface area contributed by atoms with Gasteiger partial charge in [0.25, 0.3) is 0 Å². The summed E-state index contributed by atoms with van der Waals surface area (Å²) in [6.45, 7) is 7.89. The Morgan fingerprint density at radius 2 is 1.54 bits per heavy atom. The molecule has 2 N–H and O–H groups in total. The van der Waals surface area contributed by atoms with E-state index in [4.69, 9.17) is 4.74 Å². The van der Waals surface area contributed by atoms with Gasteiger partial charge in [0.2, 0.25) is 0 Å². The van der Waals surface area contributed by atoms with Crippen LogP contribution in [-0.2, 0) is 6.42 Å². The van der Waals surface area contributed by atoms with E-state index in [-0.39, 0.29) is 5.78 Å². The van der Waals surface area contributed by atoms with Crippen LogP contribution in [0.1, 0.15) is 37.6 Å². The summed E-state index contributed by atoms with van der Waals surface area (Å²) in [5.74, 6) is 1.31. The van der Waals surface area contributed by atoms with E-state index < -0.39 is 6.03 Å². The maximum atomic E-state index is 13.0. The second kappa shape index (κ2) is 10.5. The largest absolute Gasteiger partial charge is 0.457 e. The molecule has 0 saturated carbocycles. The van der Waals surface area contributed by atoms with Crippen molar-refractivity contribution in [3.63, 3.8) is 0 Å². The van der Waals surface area contributed by atoms with Gasteiger partial charge in [0.15, 0.2) is 10.9 Å². The predicted octanol–water partition coefficient (Wildman–Crippen LogP) is 7.24. The van der Waals surface area contributed by atoms with Crippen molar-refractivity contribution in [2.75, 3.05) is 10.6 Å². The first kappa shape index (κ1) is 24.2. The Bertz CT molecular complexity index is 1360. The van der Waals surface area contributed by atoms with Crippen molar-refractivity contribution in [3.8, 4) is 11.5 Å². The number of carbonyl (C=O) groups is 2. The molecular weight excluding hydrogens is 458 g/mol. The van der Waals surface area contributed by atoms with Gasteiger partial charge in [-0.3, -0.25) is 10.1 Å². The molecule has 0 saturated heterocycles. The molecule has 0 spiro atoms. The summed E-state index contributed by atoms with van der Waals surface area (Å²) in [6.07, 6.45) is 0.306. The van der Waals surface area contributed by atoms with E-state index in [0.29, 0.717) is 39.3 Å². The minimum absolute atomic E-state index is 0.00530. The number of hydrogen-bond donors (Lipinski definition) is 2. The summed E-state index contributed by atoms with van der Waals surface area (Å²) in [6, 6.07) is 20.3. The third-order valence-electron chi connectivity index (χ3n) is 5.52. The molecule has 4 aromatic rings. The van der Waals surface area contributed by atoms with Crippen molar-refractivity contribution in [3.05, 3.63) is 99.6 Å². The maximum Gasteiger partial charge on any atom is 0.325 e. The minimum atomic E-state index is -0.445. The summed E-state index contributed by atoms with van der Waals surface area (Å²) in [5.41, 5.74) is 5.61.